The van der Waals surface area contributed by atoms with Crippen LogP contribution in [0.25, 0.3) is 0 Å². The average Bonchev–Trinajstić information content (AvgIpc) is 2.29. The normalized spacial score (nSPS) is 10.5. The van der Waals surface area contributed by atoms with Crippen LogP contribution < -0.4 is 0 Å². The average molecular weight is 203 g/mol. The van der Waals surface area contributed by atoms with E-state index in [0.29, 0.717) is 0 Å². The Bertz CT molecular complexity index is 225. The van der Waals surface area contributed by atoms with Crippen LogP contribution in [0.2, 0.25) is 0 Å². The fraction of sp³-hybridized carbons (Fsp3) is 0.533. The molecule has 0 amide bonds. The summed E-state index contributed by atoms with van der Waals surface area (Å²) in [6.07, 6.45) is 11.8. The van der Waals surface area contributed by atoms with Crippen LogP contribution in [0.4, 0.5) is 0 Å². The summed E-state index contributed by atoms with van der Waals surface area (Å²) in [4.78, 5) is 0. The molecule has 1 aromatic rings. The maximum absolute atomic E-state index is 2.42. The zero-order valence-corrected chi connectivity index (χ0v) is 9.91. The van der Waals surface area contributed by atoms with Crippen molar-refractivity contribution in [2.45, 2.75) is 51.9 Å². The molecule has 0 fully saturated rings. The lowest BCUT2D eigenvalue weighted by molar-refractivity contribution is 0.626. The number of hydrogen-bond donors (Lipinski definition) is 0. The standard InChI is InChI=1S/C15H23/c1-2-3-4-5-6-7-9-12-15-13-10-8-11-14-15/h8-11,13-14H,2-7,12H2,1H3. The first kappa shape index (κ1) is 12.3. The molecule has 0 spiro atoms. The van der Waals surface area contributed by atoms with E-state index in [2.05, 4.69) is 43.7 Å². The van der Waals surface area contributed by atoms with E-state index in [1.807, 2.05) is 0 Å². The molecular formula is C15H23. The third kappa shape index (κ3) is 6.33. The minimum absolute atomic E-state index is 1.13. The fourth-order valence-electron chi connectivity index (χ4n) is 1.78. The number of hydrogen-bond acceptors (Lipinski definition) is 0. The van der Waals surface area contributed by atoms with E-state index in [9.17, 15) is 0 Å². The first-order valence-corrected chi connectivity index (χ1v) is 6.29. The highest BCUT2D eigenvalue weighted by molar-refractivity contribution is 5.16. The molecule has 0 heterocycles. The molecule has 0 aliphatic carbocycles. The van der Waals surface area contributed by atoms with Gasteiger partial charge in [-0.2, -0.15) is 0 Å². The predicted molar refractivity (Wildman–Crippen MR) is 67.8 cm³/mol. The van der Waals surface area contributed by atoms with Crippen molar-refractivity contribution in [3.8, 4) is 0 Å². The van der Waals surface area contributed by atoms with Crippen LogP contribution in [0.3, 0.4) is 0 Å². The van der Waals surface area contributed by atoms with Crippen molar-refractivity contribution in [1.82, 2.24) is 0 Å². The smallest absolute Gasteiger partial charge is 0.0248 e. The lowest BCUT2D eigenvalue weighted by atomic mass is 10.0. The van der Waals surface area contributed by atoms with Gasteiger partial charge < -0.3 is 0 Å². The molecule has 0 atom stereocenters. The Labute approximate surface area is 94.7 Å². The molecule has 0 heteroatoms. The van der Waals surface area contributed by atoms with E-state index >= 15 is 0 Å². The Hall–Kier alpha value is -0.780. The highest BCUT2D eigenvalue weighted by Crippen LogP contribution is 2.09. The van der Waals surface area contributed by atoms with Gasteiger partial charge in [0.1, 0.15) is 0 Å². The minimum Gasteiger partial charge on any atom is -0.0654 e. The van der Waals surface area contributed by atoms with E-state index in [1.165, 1.54) is 44.1 Å². The quantitative estimate of drug-likeness (QED) is 0.533. The van der Waals surface area contributed by atoms with Crippen molar-refractivity contribution in [2.75, 3.05) is 0 Å². The summed E-state index contributed by atoms with van der Waals surface area (Å²) in [5.41, 5.74) is 1.44. The van der Waals surface area contributed by atoms with Gasteiger partial charge in [0.15, 0.2) is 0 Å². The van der Waals surface area contributed by atoms with Crippen LogP contribution in [-0.4, -0.2) is 0 Å². The Morgan fingerprint density at radius 3 is 2.40 bits per heavy atom. The number of unbranched alkanes of at least 4 members (excludes halogenated alkanes) is 6. The number of rotatable bonds is 8. The molecule has 83 valence electrons. The van der Waals surface area contributed by atoms with Gasteiger partial charge in [0.05, 0.1) is 0 Å². The zero-order chi connectivity index (χ0) is 10.8. The zero-order valence-electron chi connectivity index (χ0n) is 9.91. The summed E-state index contributed by atoms with van der Waals surface area (Å²) in [6, 6.07) is 10.7. The van der Waals surface area contributed by atoms with Gasteiger partial charge in [0, 0.05) is 0 Å². The summed E-state index contributed by atoms with van der Waals surface area (Å²) in [5, 5.41) is 0. The fourth-order valence-corrected chi connectivity index (χ4v) is 1.78. The topological polar surface area (TPSA) is 0 Å². The summed E-state index contributed by atoms with van der Waals surface area (Å²) >= 11 is 0. The molecule has 0 aliphatic rings. The summed E-state index contributed by atoms with van der Waals surface area (Å²) < 4.78 is 0. The molecule has 0 saturated carbocycles. The summed E-state index contributed by atoms with van der Waals surface area (Å²) in [6.45, 7) is 2.27. The van der Waals surface area contributed by atoms with Crippen molar-refractivity contribution in [1.29, 1.82) is 0 Å². The van der Waals surface area contributed by atoms with Crippen molar-refractivity contribution >= 4 is 0 Å². The predicted octanol–water partition coefficient (Wildman–Crippen LogP) is 4.79. The second-order valence-corrected chi connectivity index (χ2v) is 4.18. The van der Waals surface area contributed by atoms with Crippen LogP contribution in [-0.2, 0) is 6.42 Å². The Morgan fingerprint density at radius 2 is 1.67 bits per heavy atom. The summed E-state index contributed by atoms with van der Waals surface area (Å²) in [7, 11) is 0. The Morgan fingerprint density at radius 1 is 0.933 bits per heavy atom. The SMILES string of the molecule is CCCCCCC[CH]Cc1ccccc1. The maximum Gasteiger partial charge on any atom is -0.0248 e. The summed E-state index contributed by atoms with van der Waals surface area (Å²) in [5.74, 6) is 0. The van der Waals surface area contributed by atoms with Crippen molar-refractivity contribution < 1.29 is 0 Å². The van der Waals surface area contributed by atoms with Gasteiger partial charge in [0.25, 0.3) is 0 Å². The lowest BCUT2D eigenvalue weighted by Crippen LogP contribution is -1.86. The molecule has 15 heavy (non-hydrogen) atoms. The van der Waals surface area contributed by atoms with Gasteiger partial charge in [-0.3, -0.25) is 0 Å². The molecule has 1 aromatic carbocycles. The Kier molecular flexibility index (Phi) is 6.98. The first-order valence-electron chi connectivity index (χ1n) is 6.29. The van der Waals surface area contributed by atoms with Crippen molar-refractivity contribution in [3.63, 3.8) is 0 Å². The van der Waals surface area contributed by atoms with Gasteiger partial charge in [-0.15, -0.1) is 0 Å². The third-order valence-corrected chi connectivity index (χ3v) is 2.73. The van der Waals surface area contributed by atoms with E-state index in [4.69, 9.17) is 0 Å². The molecule has 0 unspecified atom stereocenters. The van der Waals surface area contributed by atoms with Crippen LogP contribution in [0.1, 0.15) is 51.0 Å². The van der Waals surface area contributed by atoms with Crippen molar-refractivity contribution in [2.24, 2.45) is 0 Å². The monoisotopic (exact) mass is 203 g/mol. The highest BCUT2D eigenvalue weighted by atomic mass is 14.0. The molecule has 0 bridgehead atoms. The van der Waals surface area contributed by atoms with Gasteiger partial charge in [0.2, 0.25) is 0 Å². The Balaban J connectivity index is 1.93. The maximum atomic E-state index is 2.42. The van der Waals surface area contributed by atoms with Gasteiger partial charge in [-0.25, -0.2) is 0 Å². The molecule has 0 saturated heterocycles. The molecule has 0 aliphatic heterocycles. The molecule has 1 radical (unpaired) electrons. The van der Waals surface area contributed by atoms with Crippen LogP contribution in [0, 0.1) is 6.42 Å². The van der Waals surface area contributed by atoms with Crippen molar-refractivity contribution in [3.05, 3.63) is 42.3 Å². The van der Waals surface area contributed by atoms with Gasteiger partial charge in [-0.05, 0) is 24.8 Å². The van der Waals surface area contributed by atoms with Crippen LogP contribution >= 0.6 is 0 Å². The van der Waals surface area contributed by atoms with E-state index < -0.39 is 0 Å². The second-order valence-electron chi connectivity index (χ2n) is 4.18. The van der Waals surface area contributed by atoms with E-state index in [0.717, 1.165) is 6.42 Å². The van der Waals surface area contributed by atoms with Crippen LogP contribution in [0.15, 0.2) is 30.3 Å². The van der Waals surface area contributed by atoms with E-state index in [1.54, 1.807) is 0 Å². The minimum atomic E-state index is 1.13. The largest absolute Gasteiger partial charge is 0.0654 e. The first-order chi connectivity index (χ1) is 7.43. The lowest BCUT2D eigenvalue weighted by Gasteiger charge is -2.01. The molecule has 0 nitrogen and oxygen atoms in total. The highest BCUT2D eigenvalue weighted by Gasteiger charge is 1.93. The molecule has 1 rings (SSSR count). The van der Waals surface area contributed by atoms with E-state index in [-0.39, 0.29) is 0 Å². The van der Waals surface area contributed by atoms with Gasteiger partial charge >= 0.3 is 0 Å². The van der Waals surface area contributed by atoms with Crippen LogP contribution in [0.5, 0.6) is 0 Å². The van der Waals surface area contributed by atoms with Gasteiger partial charge in [-0.1, -0.05) is 69.4 Å². The number of benzene rings is 1. The molecule has 0 aromatic heterocycles. The molecular weight excluding hydrogens is 180 g/mol. The third-order valence-electron chi connectivity index (χ3n) is 2.73. The second kappa shape index (κ2) is 8.52. The molecule has 0 N–H and O–H groups in total.